The molecular weight excluding hydrogens is 148 g/mol. The molecular formula is C7H4O4. The molecule has 0 saturated carbocycles. The summed E-state index contributed by atoms with van der Waals surface area (Å²) in [7, 11) is 0. The Bertz CT molecular complexity index is 437. The predicted octanol–water partition coefficient (Wildman–Crippen LogP) is 1.09. The molecule has 1 aromatic heterocycles. The van der Waals surface area contributed by atoms with Gasteiger partial charge >= 0.3 is 5.82 Å². The highest BCUT2D eigenvalue weighted by molar-refractivity contribution is 5.71. The third-order valence-electron chi connectivity index (χ3n) is 1.31. The number of aromatic hydroxyl groups is 1. The summed E-state index contributed by atoms with van der Waals surface area (Å²) < 4.78 is 9.16. The van der Waals surface area contributed by atoms with E-state index in [2.05, 4.69) is 8.83 Å². The minimum atomic E-state index is -0.759. The summed E-state index contributed by atoms with van der Waals surface area (Å²) >= 11 is 0. The van der Waals surface area contributed by atoms with Gasteiger partial charge in [-0.25, -0.2) is 4.79 Å². The fourth-order valence-corrected chi connectivity index (χ4v) is 0.861. The summed E-state index contributed by atoms with van der Waals surface area (Å²) in [5.41, 5.74) is 0.600. The number of fused-ring (bicyclic) bond motifs is 1. The number of hydrogen-bond donors (Lipinski definition) is 1. The Labute approximate surface area is 60.7 Å². The molecule has 0 aliphatic carbocycles. The lowest BCUT2D eigenvalue weighted by atomic mass is 10.3. The van der Waals surface area contributed by atoms with Gasteiger partial charge in [0.25, 0.3) is 0 Å². The second kappa shape index (κ2) is 1.88. The van der Waals surface area contributed by atoms with E-state index in [-0.39, 0.29) is 11.3 Å². The van der Waals surface area contributed by atoms with Gasteiger partial charge in [0, 0.05) is 6.07 Å². The normalized spacial score (nSPS) is 10.5. The van der Waals surface area contributed by atoms with Crippen LogP contribution in [0.5, 0.6) is 5.75 Å². The first-order chi connectivity index (χ1) is 5.25. The fraction of sp³-hybridized carbons (Fsp3) is 0. The summed E-state index contributed by atoms with van der Waals surface area (Å²) in [6.45, 7) is 0. The van der Waals surface area contributed by atoms with Crippen molar-refractivity contribution in [2.24, 2.45) is 0 Å². The third-order valence-corrected chi connectivity index (χ3v) is 1.31. The average Bonchev–Trinajstić information content (AvgIpc) is 2.27. The molecule has 2 aromatic rings. The van der Waals surface area contributed by atoms with Crippen LogP contribution in [0, 0.1) is 0 Å². The van der Waals surface area contributed by atoms with Crippen LogP contribution in [0.2, 0.25) is 0 Å². The van der Waals surface area contributed by atoms with E-state index in [1.165, 1.54) is 18.2 Å². The molecule has 0 spiro atoms. The van der Waals surface area contributed by atoms with E-state index in [1.54, 1.807) is 0 Å². The number of benzene rings is 1. The Balaban J connectivity index is 2.92. The van der Waals surface area contributed by atoms with Crippen LogP contribution in [0.1, 0.15) is 0 Å². The van der Waals surface area contributed by atoms with Crippen LogP contribution in [0.15, 0.2) is 31.8 Å². The van der Waals surface area contributed by atoms with Gasteiger partial charge in [-0.2, -0.15) is 0 Å². The number of rotatable bonds is 0. The molecule has 1 aromatic carbocycles. The highest BCUT2D eigenvalue weighted by atomic mass is 16.6. The van der Waals surface area contributed by atoms with Gasteiger partial charge in [0.05, 0.1) is 0 Å². The lowest BCUT2D eigenvalue weighted by molar-refractivity contribution is 0.409. The van der Waals surface area contributed by atoms with E-state index in [0.29, 0.717) is 5.58 Å². The first-order valence-corrected chi connectivity index (χ1v) is 2.98. The van der Waals surface area contributed by atoms with Gasteiger partial charge in [0.15, 0.2) is 11.2 Å². The SMILES string of the molecule is O=c1oc2ccc(O)cc2o1. The topological polar surface area (TPSA) is 63.6 Å². The van der Waals surface area contributed by atoms with E-state index in [9.17, 15) is 4.79 Å². The first kappa shape index (κ1) is 6.03. The predicted molar refractivity (Wildman–Crippen MR) is 36.4 cm³/mol. The minimum absolute atomic E-state index is 0.0436. The molecule has 0 atom stereocenters. The fourth-order valence-electron chi connectivity index (χ4n) is 0.861. The van der Waals surface area contributed by atoms with Crippen molar-refractivity contribution in [1.82, 2.24) is 0 Å². The summed E-state index contributed by atoms with van der Waals surface area (Å²) in [5.74, 6) is -0.715. The highest BCUT2D eigenvalue weighted by Gasteiger charge is 2.02. The van der Waals surface area contributed by atoms with Crippen LogP contribution < -0.4 is 5.82 Å². The number of hydrogen-bond acceptors (Lipinski definition) is 4. The Hall–Kier alpha value is -1.71. The van der Waals surface area contributed by atoms with Crippen LogP contribution in [0.25, 0.3) is 11.2 Å². The maximum atomic E-state index is 10.5. The molecule has 56 valence electrons. The number of phenols is 1. The lowest BCUT2D eigenvalue weighted by Crippen LogP contribution is -1.84. The van der Waals surface area contributed by atoms with Crippen molar-refractivity contribution in [3.8, 4) is 5.75 Å². The standard InChI is InChI=1S/C7H4O4/c8-4-1-2-5-6(3-4)11-7(9)10-5/h1-3,8H. The van der Waals surface area contributed by atoms with Crippen molar-refractivity contribution in [3.63, 3.8) is 0 Å². The van der Waals surface area contributed by atoms with E-state index in [0.717, 1.165) is 0 Å². The summed E-state index contributed by atoms with van der Waals surface area (Å²) in [4.78, 5) is 10.5. The Morgan fingerprint density at radius 1 is 1.18 bits per heavy atom. The second-order valence-corrected chi connectivity index (χ2v) is 2.09. The van der Waals surface area contributed by atoms with E-state index in [4.69, 9.17) is 5.11 Å². The molecule has 0 amide bonds. The maximum absolute atomic E-state index is 10.5. The largest absolute Gasteiger partial charge is 0.519 e. The van der Waals surface area contributed by atoms with Gasteiger partial charge in [0.1, 0.15) is 5.75 Å². The molecule has 0 fully saturated rings. The van der Waals surface area contributed by atoms with Gasteiger partial charge in [-0.05, 0) is 12.1 Å². The molecule has 2 rings (SSSR count). The van der Waals surface area contributed by atoms with E-state index >= 15 is 0 Å². The molecule has 0 bridgehead atoms. The van der Waals surface area contributed by atoms with Crippen LogP contribution in [-0.2, 0) is 0 Å². The molecule has 0 aliphatic heterocycles. The molecule has 0 radical (unpaired) electrons. The summed E-state index contributed by atoms with van der Waals surface area (Å²) in [6.07, 6.45) is 0. The highest BCUT2D eigenvalue weighted by Crippen LogP contribution is 2.17. The molecule has 0 aliphatic rings. The Morgan fingerprint density at radius 3 is 2.73 bits per heavy atom. The average molecular weight is 152 g/mol. The first-order valence-electron chi connectivity index (χ1n) is 2.98. The zero-order valence-electron chi connectivity index (χ0n) is 5.40. The molecule has 1 heterocycles. The molecule has 4 heteroatoms. The van der Waals surface area contributed by atoms with Crippen molar-refractivity contribution in [3.05, 3.63) is 28.8 Å². The number of phenolic OH excluding ortho intramolecular Hbond substituents is 1. The maximum Gasteiger partial charge on any atom is 0.519 e. The van der Waals surface area contributed by atoms with E-state index < -0.39 is 5.82 Å². The van der Waals surface area contributed by atoms with Crippen molar-refractivity contribution in [1.29, 1.82) is 0 Å². The van der Waals surface area contributed by atoms with Gasteiger partial charge in [-0.3, -0.25) is 0 Å². The Kier molecular flexibility index (Phi) is 1.03. The zero-order valence-corrected chi connectivity index (χ0v) is 5.40. The molecule has 1 N–H and O–H groups in total. The summed E-state index contributed by atoms with van der Waals surface area (Å²) in [6, 6.07) is 4.20. The quantitative estimate of drug-likeness (QED) is 0.613. The van der Waals surface area contributed by atoms with Crippen LogP contribution in [0.4, 0.5) is 0 Å². The second-order valence-electron chi connectivity index (χ2n) is 2.09. The summed E-state index contributed by atoms with van der Waals surface area (Å²) in [5, 5.41) is 8.94. The third kappa shape index (κ3) is 0.881. The molecule has 0 saturated heterocycles. The van der Waals surface area contributed by atoms with Crippen LogP contribution >= 0.6 is 0 Å². The Morgan fingerprint density at radius 2 is 1.91 bits per heavy atom. The van der Waals surface area contributed by atoms with Gasteiger partial charge in [-0.1, -0.05) is 0 Å². The van der Waals surface area contributed by atoms with Gasteiger partial charge in [0.2, 0.25) is 0 Å². The van der Waals surface area contributed by atoms with E-state index in [1.807, 2.05) is 0 Å². The monoisotopic (exact) mass is 152 g/mol. The lowest BCUT2D eigenvalue weighted by Gasteiger charge is -1.85. The van der Waals surface area contributed by atoms with Crippen LogP contribution in [-0.4, -0.2) is 5.11 Å². The van der Waals surface area contributed by atoms with Crippen molar-refractivity contribution < 1.29 is 13.9 Å². The van der Waals surface area contributed by atoms with Gasteiger partial charge < -0.3 is 13.9 Å². The van der Waals surface area contributed by atoms with Crippen molar-refractivity contribution in [2.45, 2.75) is 0 Å². The molecule has 0 unspecified atom stereocenters. The van der Waals surface area contributed by atoms with Crippen molar-refractivity contribution in [2.75, 3.05) is 0 Å². The van der Waals surface area contributed by atoms with Crippen LogP contribution in [0.3, 0.4) is 0 Å². The zero-order chi connectivity index (χ0) is 7.84. The minimum Gasteiger partial charge on any atom is -0.508 e. The van der Waals surface area contributed by atoms with Crippen molar-refractivity contribution >= 4 is 11.2 Å². The molecule has 11 heavy (non-hydrogen) atoms. The van der Waals surface area contributed by atoms with Gasteiger partial charge in [-0.15, -0.1) is 0 Å². The molecule has 4 nitrogen and oxygen atoms in total. The smallest absolute Gasteiger partial charge is 0.508 e.